The number of fused-ring (bicyclic) bond motifs is 1. The predicted octanol–water partition coefficient (Wildman–Crippen LogP) is 4.32. The highest BCUT2D eigenvalue weighted by atomic mass is 16.5. The number of ether oxygens (including phenoxy) is 1. The second kappa shape index (κ2) is 8.55. The van der Waals surface area contributed by atoms with Gasteiger partial charge in [0, 0.05) is 35.5 Å². The van der Waals surface area contributed by atoms with Gasteiger partial charge in [-0.15, -0.1) is 0 Å². The van der Waals surface area contributed by atoms with Crippen molar-refractivity contribution in [2.24, 2.45) is 5.73 Å². The normalized spacial score (nSPS) is 15.6. The summed E-state index contributed by atoms with van der Waals surface area (Å²) < 4.78 is 11.9. The van der Waals surface area contributed by atoms with Gasteiger partial charge in [0.1, 0.15) is 23.1 Å². The Labute approximate surface area is 195 Å². The minimum Gasteiger partial charge on any atom is -0.495 e. The summed E-state index contributed by atoms with van der Waals surface area (Å²) in [6.07, 6.45) is 2.94. The van der Waals surface area contributed by atoms with Crippen LogP contribution in [0, 0.1) is 0 Å². The fourth-order valence-electron chi connectivity index (χ4n) is 4.60. The predicted molar refractivity (Wildman–Crippen MR) is 128 cm³/mol. The average Bonchev–Trinajstić information content (AvgIpc) is 3.51. The van der Waals surface area contributed by atoms with Crippen LogP contribution >= 0.6 is 0 Å². The van der Waals surface area contributed by atoms with E-state index in [9.17, 15) is 14.7 Å². The highest BCUT2D eigenvalue weighted by Crippen LogP contribution is 2.45. The van der Waals surface area contributed by atoms with Gasteiger partial charge in [0.25, 0.3) is 0 Å². The van der Waals surface area contributed by atoms with Crippen LogP contribution in [0.1, 0.15) is 23.2 Å². The number of carbonyl (C=O) groups excluding carboxylic acids is 1. The number of benzene rings is 2. The maximum atomic E-state index is 12.1. The number of furan rings is 1. The molecule has 1 atom stereocenters. The molecule has 1 saturated heterocycles. The molecule has 5 rings (SSSR count). The van der Waals surface area contributed by atoms with E-state index < -0.39 is 17.9 Å². The topological polar surface area (TPSA) is 119 Å². The lowest BCUT2D eigenvalue weighted by Gasteiger charge is -2.28. The van der Waals surface area contributed by atoms with Crippen molar-refractivity contribution >= 4 is 28.7 Å². The molecule has 1 aliphatic heterocycles. The molecule has 0 unspecified atom stereocenters. The third-order valence-electron chi connectivity index (χ3n) is 6.17. The second-order valence-electron chi connectivity index (χ2n) is 8.18. The van der Waals surface area contributed by atoms with Crippen molar-refractivity contribution in [1.82, 2.24) is 4.98 Å². The van der Waals surface area contributed by atoms with Gasteiger partial charge >= 0.3 is 5.97 Å². The number of hydrogen-bond donors (Lipinski definition) is 2. The Bertz CT molecular complexity index is 1400. The van der Waals surface area contributed by atoms with E-state index in [1.54, 1.807) is 23.2 Å². The van der Waals surface area contributed by atoms with Crippen LogP contribution in [0.5, 0.6) is 5.75 Å². The Balaban J connectivity index is 1.75. The molecule has 1 fully saturated rings. The Kier molecular flexibility index (Phi) is 5.41. The Morgan fingerprint density at radius 2 is 1.94 bits per heavy atom. The highest BCUT2D eigenvalue weighted by Gasteiger charge is 2.35. The van der Waals surface area contributed by atoms with Crippen LogP contribution in [0.4, 0.5) is 5.69 Å². The van der Waals surface area contributed by atoms with Crippen LogP contribution in [0.15, 0.2) is 65.2 Å². The number of anilines is 1. The zero-order valence-corrected chi connectivity index (χ0v) is 18.5. The molecule has 0 aliphatic carbocycles. The average molecular weight is 457 g/mol. The number of carboxylic acid groups (broad SMARTS) is 1. The minimum absolute atomic E-state index is 0.235. The van der Waals surface area contributed by atoms with Crippen molar-refractivity contribution in [3.63, 3.8) is 0 Å². The summed E-state index contributed by atoms with van der Waals surface area (Å²) in [5.74, 6) is -0.738. The Morgan fingerprint density at radius 3 is 2.65 bits per heavy atom. The lowest BCUT2D eigenvalue weighted by molar-refractivity contribution is -0.138. The van der Waals surface area contributed by atoms with Crippen LogP contribution in [0.2, 0.25) is 0 Å². The van der Waals surface area contributed by atoms with Crippen LogP contribution in [0.3, 0.4) is 0 Å². The van der Waals surface area contributed by atoms with Crippen molar-refractivity contribution in [2.45, 2.75) is 18.9 Å². The molecule has 0 bridgehead atoms. The van der Waals surface area contributed by atoms with Crippen molar-refractivity contribution in [1.29, 1.82) is 0 Å². The molecule has 4 aromatic rings. The molecule has 1 aliphatic rings. The van der Waals surface area contributed by atoms with Gasteiger partial charge in [-0.05, 0) is 36.6 Å². The lowest BCUT2D eigenvalue weighted by Crippen LogP contribution is -2.36. The molecule has 3 N–H and O–H groups in total. The van der Waals surface area contributed by atoms with E-state index in [2.05, 4.69) is 4.98 Å². The fourth-order valence-corrected chi connectivity index (χ4v) is 4.60. The van der Waals surface area contributed by atoms with E-state index in [1.807, 2.05) is 36.4 Å². The Morgan fingerprint density at radius 1 is 1.15 bits per heavy atom. The molecule has 0 saturated carbocycles. The molecule has 172 valence electrons. The number of aromatic nitrogens is 1. The maximum absolute atomic E-state index is 12.1. The summed E-state index contributed by atoms with van der Waals surface area (Å²) in [5.41, 5.74) is 9.99. The first-order valence-corrected chi connectivity index (χ1v) is 10.9. The zero-order chi connectivity index (χ0) is 23.8. The van der Waals surface area contributed by atoms with Crippen LogP contribution in [-0.4, -0.2) is 41.7 Å². The number of carbonyl (C=O) groups is 2. The van der Waals surface area contributed by atoms with E-state index in [0.29, 0.717) is 46.8 Å². The number of primary amides is 1. The first kappa shape index (κ1) is 21.5. The van der Waals surface area contributed by atoms with Gasteiger partial charge in [0.2, 0.25) is 5.91 Å². The first-order chi connectivity index (χ1) is 16.5. The molecular formula is C26H23N3O5. The number of carboxylic acids is 1. The fraction of sp³-hybridized carbons (Fsp3) is 0.192. The number of pyridine rings is 1. The van der Waals surface area contributed by atoms with E-state index >= 15 is 0 Å². The van der Waals surface area contributed by atoms with Gasteiger partial charge in [-0.1, -0.05) is 30.3 Å². The third kappa shape index (κ3) is 3.63. The number of hydrogen-bond acceptors (Lipinski definition) is 6. The molecule has 2 aromatic carbocycles. The van der Waals surface area contributed by atoms with Gasteiger partial charge in [0.15, 0.2) is 5.58 Å². The molecule has 3 heterocycles. The summed E-state index contributed by atoms with van der Waals surface area (Å²) in [4.78, 5) is 30.3. The van der Waals surface area contributed by atoms with Gasteiger partial charge in [0.05, 0.1) is 12.8 Å². The monoisotopic (exact) mass is 457 g/mol. The number of nitrogens with two attached hydrogens (primary N) is 1. The van der Waals surface area contributed by atoms with Crippen molar-refractivity contribution in [3.8, 4) is 28.2 Å². The molecule has 8 nitrogen and oxygen atoms in total. The number of nitrogens with zero attached hydrogens (tertiary/aromatic N) is 2. The van der Waals surface area contributed by atoms with Crippen molar-refractivity contribution in [3.05, 3.63) is 66.4 Å². The van der Waals surface area contributed by atoms with Crippen molar-refractivity contribution in [2.75, 3.05) is 18.6 Å². The zero-order valence-electron chi connectivity index (χ0n) is 18.5. The SMILES string of the molecule is COc1cc(C(N)=O)cc(-c2cc3nccc(-c4ccccc4)c3o2)c1N1CCC[C@H]1C(=O)O. The van der Waals surface area contributed by atoms with Crippen LogP contribution < -0.4 is 15.4 Å². The molecule has 8 heteroatoms. The lowest BCUT2D eigenvalue weighted by atomic mass is 10.0. The quantitative estimate of drug-likeness (QED) is 0.442. The van der Waals surface area contributed by atoms with Crippen molar-refractivity contribution < 1.29 is 23.8 Å². The number of methoxy groups -OCH3 is 1. The standard InChI is InChI=1S/C26H23N3O5/c1-33-22-13-16(25(27)30)12-18(23(22)29-11-5-8-20(29)26(31)32)21-14-19-24(34-21)17(9-10-28-19)15-6-3-2-4-7-15/h2-4,6-7,9-10,12-14,20H,5,8,11H2,1H3,(H2,27,30)(H,31,32)/t20-/m0/s1. The van der Waals surface area contributed by atoms with E-state index in [4.69, 9.17) is 14.9 Å². The minimum atomic E-state index is -0.915. The third-order valence-corrected chi connectivity index (χ3v) is 6.17. The number of rotatable bonds is 6. The van der Waals surface area contributed by atoms with E-state index in [1.165, 1.54) is 13.2 Å². The van der Waals surface area contributed by atoms with Gasteiger partial charge in [-0.25, -0.2) is 4.79 Å². The molecule has 1 amide bonds. The number of amides is 1. The molecular weight excluding hydrogens is 434 g/mol. The van der Waals surface area contributed by atoms with Gasteiger partial charge in [-0.2, -0.15) is 0 Å². The summed E-state index contributed by atoms with van der Waals surface area (Å²) in [5, 5.41) is 9.80. The largest absolute Gasteiger partial charge is 0.495 e. The van der Waals surface area contributed by atoms with Gasteiger partial charge < -0.3 is 24.9 Å². The van der Waals surface area contributed by atoms with E-state index in [0.717, 1.165) is 17.5 Å². The summed E-state index contributed by atoms with van der Waals surface area (Å²) in [6.45, 7) is 0.532. The molecule has 0 radical (unpaired) electrons. The smallest absolute Gasteiger partial charge is 0.326 e. The highest BCUT2D eigenvalue weighted by molar-refractivity contribution is 6.00. The maximum Gasteiger partial charge on any atom is 0.326 e. The molecule has 2 aromatic heterocycles. The van der Waals surface area contributed by atoms with Crippen LogP contribution in [-0.2, 0) is 4.79 Å². The Hall–Kier alpha value is -4.33. The summed E-state index contributed by atoms with van der Waals surface area (Å²) in [7, 11) is 1.48. The van der Waals surface area contributed by atoms with Crippen LogP contribution in [0.25, 0.3) is 33.6 Å². The molecule has 34 heavy (non-hydrogen) atoms. The molecule has 0 spiro atoms. The first-order valence-electron chi connectivity index (χ1n) is 10.9. The van der Waals surface area contributed by atoms with E-state index in [-0.39, 0.29) is 5.56 Å². The second-order valence-corrected chi connectivity index (χ2v) is 8.18. The summed E-state index contributed by atoms with van der Waals surface area (Å²) >= 11 is 0. The van der Waals surface area contributed by atoms with Gasteiger partial charge in [-0.3, -0.25) is 9.78 Å². The number of aliphatic carboxylic acids is 1. The summed E-state index contributed by atoms with van der Waals surface area (Å²) in [6, 6.07) is 15.9.